The van der Waals surface area contributed by atoms with Crippen LogP contribution in [0, 0.1) is 6.92 Å². The first-order chi connectivity index (χ1) is 11.7. The highest BCUT2D eigenvalue weighted by atomic mass is 35.5. The van der Waals surface area contributed by atoms with Crippen LogP contribution in [0.5, 0.6) is 0 Å². The second-order valence-electron chi connectivity index (χ2n) is 5.90. The van der Waals surface area contributed by atoms with Crippen LogP contribution in [0.4, 0.5) is 0 Å². The lowest BCUT2D eigenvalue weighted by Gasteiger charge is -2.26. The first kappa shape index (κ1) is 20.1. The van der Waals surface area contributed by atoms with Gasteiger partial charge in [0.1, 0.15) is 0 Å². The van der Waals surface area contributed by atoms with Gasteiger partial charge in [0.05, 0.1) is 0 Å². The van der Waals surface area contributed by atoms with Crippen LogP contribution in [-0.2, 0) is 6.42 Å². The molecule has 26 heavy (non-hydrogen) atoms. The molecule has 7 nitrogen and oxygen atoms in total. The number of benzene rings is 1. The fourth-order valence-corrected chi connectivity index (χ4v) is 3.05. The maximum Gasteiger partial charge on any atom is 0.291 e. The molecule has 0 radical (unpaired) electrons. The Balaban J connectivity index is 0.00000121. The normalized spacial score (nSPS) is 15.5. The van der Waals surface area contributed by atoms with Crippen molar-refractivity contribution < 1.29 is 4.79 Å². The Morgan fingerprint density at radius 1 is 1.31 bits per heavy atom. The summed E-state index contributed by atoms with van der Waals surface area (Å²) in [7, 11) is 0. The summed E-state index contributed by atoms with van der Waals surface area (Å²) in [5.74, 6) is 0.284. The predicted molar refractivity (Wildman–Crippen MR) is 103 cm³/mol. The van der Waals surface area contributed by atoms with Gasteiger partial charge in [0.25, 0.3) is 11.7 Å². The fraction of sp³-hybridized carbons (Fsp3) is 0.294. The number of aryl methyl sites for hydroxylation is 1. The van der Waals surface area contributed by atoms with Crippen LogP contribution in [0.25, 0.3) is 5.78 Å². The Morgan fingerprint density at radius 3 is 2.92 bits per heavy atom. The molecule has 3 aromatic rings. The third-order valence-electron chi connectivity index (χ3n) is 4.32. The van der Waals surface area contributed by atoms with Crippen molar-refractivity contribution in [2.24, 2.45) is 0 Å². The summed E-state index contributed by atoms with van der Waals surface area (Å²) in [4.78, 5) is 20.7. The van der Waals surface area contributed by atoms with E-state index in [-0.39, 0.29) is 42.6 Å². The second-order valence-corrected chi connectivity index (χ2v) is 5.90. The molecule has 3 heterocycles. The van der Waals surface area contributed by atoms with E-state index < -0.39 is 0 Å². The van der Waals surface area contributed by atoms with Crippen molar-refractivity contribution in [2.45, 2.75) is 19.4 Å². The zero-order valence-electron chi connectivity index (χ0n) is 14.2. The van der Waals surface area contributed by atoms with Crippen LogP contribution in [0.1, 0.15) is 33.5 Å². The van der Waals surface area contributed by atoms with E-state index in [2.05, 4.69) is 43.9 Å². The Labute approximate surface area is 163 Å². The van der Waals surface area contributed by atoms with E-state index in [1.165, 1.54) is 11.1 Å². The number of halogens is 2. The molecule has 0 spiro atoms. The number of nitrogens with one attached hydrogen (secondary N) is 2. The summed E-state index contributed by atoms with van der Waals surface area (Å²) >= 11 is 0. The van der Waals surface area contributed by atoms with E-state index in [9.17, 15) is 4.79 Å². The molecule has 0 bridgehead atoms. The number of carbonyl (C=O) groups excluding carboxylic acids is 1. The van der Waals surface area contributed by atoms with Crippen molar-refractivity contribution in [1.82, 2.24) is 30.2 Å². The summed E-state index contributed by atoms with van der Waals surface area (Å²) in [6.07, 6.45) is 2.67. The number of fused-ring (bicyclic) bond motifs is 2. The Hall–Kier alpha value is -2.22. The van der Waals surface area contributed by atoms with Gasteiger partial charge in [-0.15, -0.1) is 29.9 Å². The molecule has 9 heteroatoms. The largest absolute Gasteiger partial charge is 0.347 e. The molecule has 1 aliphatic rings. The highest BCUT2D eigenvalue weighted by Gasteiger charge is 2.21. The summed E-state index contributed by atoms with van der Waals surface area (Å²) in [5, 5.41) is 10.6. The standard InChI is InChI=1S/C17H18N6O.2ClH/c1-11-6-8-19-17-21-15(22-23(11)17)16(24)20-10-14-13-5-3-2-4-12(13)7-9-18-14;;/h2-6,8,14,18H,7,9-10H2,1H3,(H,20,24);2*1H. The molecule has 1 aliphatic heterocycles. The molecule has 0 fully saturated rings. The quantitative estimate of drug-likeness (QED) is 0.708. The van der Waals surface area contributed by atoms with E-state index in [1.807, 2.05) is 19.1 Å². The second kappa shape index (κ2) is 8.44. The van der Waals surface area contributed by atoms with Crippen molar-refractivity contribution in [2.75, 3.05) is 13.1 Å². The minimum absolute atomic E-state index is 0. The monoisotopic (exact) mass is 394 g/mol. The van der Waals surface area contributed by atoms with Crippen molar-refractivity contribution in [3.63, 3.8) is 0 Å². The molecule has 0 saturated carbocycles. The molecule has 1 aromatic carbocycles. The van der Waals surface area contributed by atoms with Gasteiger partial charge in [-0.1, -0.05) is 24.3 Å². The SMILES string of the molecule is Cc1ccnc2nc(C(=O)NCC3NCCc4ccccc43)nn12.Cl.Cl. The maximum absolute atomic E-state index is 12.4. The van der Waals surface area contributed by atoms with E-state index in [4.69, 9.17) is 0 Å². The van der Waals surface area contributed by atoms with Gasteiger partial charge in [-0.3, -0.25) is 4.79 Å². The zero-order valence-corrected chi connectivity index (χ0v) is 15.8. The number of hydrogen-bond acceptors (Lipinski definition) is 5. The number of rotatable bonds is 3. The number of amides is 1. The van der Waals surface area contributed by atoms with Crippen molar-refractivity contribution in [3.8, 4) is 0 Å². The van der Waals surface area contributed by atoms with Crippen molar-refractivity contribution in [1.29, 1.82) is 0 Å². The van der Waals surface area contributed by atoms with E-state index >= 15 is 0 Å². The minimum Gasteiger partial charge on any atom is -0.347 e. The number of carbonyl (C=O) groups is 1. The molecule has 138 valence electrons. The molecule has 1 atom stereocenters. The average Bonchev–Trinajstić information content (AvgIpc) is 3.05. The molecule has 1 amide bonds. The highest BCUT2D eigenvalue weighted by Crippen LogP contribution is 2.21. The van der Waals surface area contributed by atoms with E-state index in [0.717, 1.165) is 18.7 Å². The van der Waals surface area contributed by atoms with Gasteiger partial charge < -0.3 is 10.6 Å². The van der Waals surface area contributed by atoms with Gasteiger partial charge in [0, 0.05) is 24.5 Å². The number of aromatic nitrogens is 4. The molecule has 0 aliphatic carbocycles. The zero-order chi connectivity index (χ0) is 16.5. The summed E-state index contributed by atoms with van der Waals surface area (Å²) in [5.41, 5.74) is 3.46. The first-order valence-electron chi connectivity index (χ1n) is 8.00. The van der Waals surface area contributed by atoms with Gasteiger partial charge in [0.15, 0.2) is 0 Å². The van der Waals surface area contributed by atoms with Gasteiger partial charge in [-0.05, 0) is 37.1 Å². The van der Waals surface area contributed by atoms with Crippen LogP contribution in [0.15, 0.2) is 36.5 Å². The topological polar surface area (TPSA) is 84.2 Å². The summed E-state index contributed by atoms with van der Waals surface area (Å²) in [6, 6.07) is 10.3. The fourth-order valence-electron chi connectivity index (χ4n) is 3.05. The van der Waals surface area contributed by atoms with Crippen LogP contribution >= 0.6 is 24.8 Å². The Bertz CT molecular complexity index is 913. The molecular weight excluding hydrogens is 375 g/mol. The van der Waals surface area contributed by atoms with Crippen molar-refractivity contribution in [3.05, 3.63) is 59.2 Å². The first-order valence-corrected chi connectivity index (χ1v) is 8.00. The third kappa shape index (κ3) is 3.80. The Kier molecular flexibility index (Phi) is 6.52. The maximum atomic E-state index is 12.4. The lowest BCUT2D eigenvalue weighted by molar-refractivity contribution is 0.0939. The van der Waals surface area contributed by atoms with Crippen molar-refractivity contribution >= 4 is 36.5 Å². The van der Waals surface area contributed by atoms with Gasteiger partial charge in [-0.2, -0.15) is 4.98 Å². The molecule has 2 N–H and O–H groups in total. The number of hydrogen-bond donors (Lipinski definition) is 2. The van der Waals surface area contributed by atoms with Crippen LogP contribution < -0.4 is 10.6 Å². The van der Waals surface area contributed by atoms with Crippen LogP contribution in [0.3, 0.4) is 0 Å². The predicted octanol–water partition coefficient (Wildman–Crippen LogP) is 1.89. The highest BCUT2D eigenvalue weighted by molar-refractivity contribution is 5.90. The van der Waals surface area contributed by atoms with Crippen LogP contribution in [-0.4, -0.2) is 38.6 Å². The molecule has 2 aromatic heterocycles. The lowest BCUT2D eigenvalue weighted by atomic mass is 9.94. The van der Waals surface area contributed by atoms with Crippen LogP contribution in [0.2, 0.25) is 0 Å². The smallest absolute Gasteiger partial charge is 0.291 e. The third-order valence-corrected chi connectivity index (χ3v) is 4.32. The summed E-state index contributed by atoms with van der Waals surface area (Å²) in [6.45, 7) is 3.30. The molecule has 0 saturated heterocycles. The Morgan fingerprint density at radius 2 is 2.12 bits per heavy atom. The lowest BCUT2D eigenvalue weighted by Crippen LogP contribution is -2.39. The summed E-state index contributed by atoms with van der Waals surface area (Å²) < 4.78 is 1.57. The minimum atomic E-state index is -0.287. The average molecular weight is 395 g/mol. The van der Waals surface area contributed by atoms with E-state index in [1.54, 1.807) is 10.7 Å². The number of nitrogens with zero attached hydrogens (tertiary/aromatic N) is 4. The van der Waals surface area contributed by atoms with Gasteiger partial charge >= 0.3 is 0 Å². The molecule has 1 unspecified atom stereocenters. The molecular formula is C17H20Cl2N6O. The van der Waals surface area contributed by atoms with Gasteiger partial charge in [-0.25, -0.2) is 9.50 Å². The van der Waals surface area contributed by atoms with E-state index in [0.29, 0.717) is 12.3 Å². The van der Waals surface area contributed by atoms with Gasteiger partial charge in [0.2, 0.25) is 5.82 Å². The molecule has 4 rings (SSSR count).